The topological polar surface area (TPSA) is 109 Å². The molecular weight excluding hydrogens is 508 g/mol. The average Bonchev–Trinajstić information content (AvgIpc) is 3.21. The van der Waals surface area contributed by atoms with Crippen LogP contribution in [-0.2, 0) is 15.0 Å². The van der Waals surface area contributed by atoms with E-state index in [2.05, 4.69) is 6.07 Å². The van der Waals surface area contributed by atoms with Crippen LogP contribution in [0.3, 0.4) is 0 Å². The van der Waals surface area contributed by atoms with Crippen LogP contribution < -0.4 is 19.1 Å². The highest BCUT2D eigenvalue weighted by Gasteiger charge is 2.48. The van der Waals surface area contributed by atoms with Crippen molar-refractivity contribution in [1.29, 1.82) is 5.26 Å². The molecule has 0 aliphatic carbocycles. The van der Waals surface area contributed by atoms with Crippen molar-refractivity contribution in [2.75, 3.05) is 25.7 Å². The Hall–Kier alpha value is -4.77. The summed E-state index contributed by atoms with van der Waals surface area (Å²) in [6.07, 6.45) is 0. The highest BCUT2D eigenvalue weighted by Crippen LogP contribution is 2.47. The summed E-state index contributed by atoms with van der Waals surface area (Å²) in [6, 6.07) is 17.7. The van der Waals surface area contributed by atoms with Crippen LogP contribution in [0.4, 0.5) is 5.69 Å². The lowest BCUT2D eigenvalue weighted by molar-refractivity contribution is -0.132. The quantitative estimate of drug-likeness (QED) is 0.226. The number of nitrogens with zero attached hydrogens (tertiary/aromatic N) is 2. The number of hydrogen-bond acceptors (Lipinski definition) is 7. The molecule has 1 amide bonds. The Bertz CT molecular complexity index is 1530. The molecule has 1 heterocycles. The normalized spacial score (nSPS) is 16.5. The summed E-state index contributed by atoms with van der Waals surface area (Å²) >= 11 is 0. The second-order valence-corrected chi connectivity index (χ2v) is 10.3. The van der Waals surface area contributed by atoms with Gasteiger partial charge in [-0.15, -0.1) is 0 Å². The van der Waals surface area contributed by atoms with Gasteiger partial charge in [0.2, 0.25) is 0 Å². The molecule has 0 radical (unpaired) electrons. The number of ketones is 1. The molecule has 1 aliphatic heterocycles. The van der Waals surface area contributed by atoms with Crippen LogP contribution in [0.15, 0.2) is 66.2 Å². The van der Waals surface area contributed by atoms with Crippen LogP contribution >= 0.6 is 0 Å². The van der Waals surface area contributed by atoms with Crippen molar-refractivity contribution in [3.05, 3.63) is 88.5 Å². The van der Waals surface area contributed by atoms with E-state index in [1.54, 1.807) is 60.7 Å². The standard InChI is InChI=1S/C32H32N2O6/c1-7-40-24-16-13-20(17-23(24)32(2,3)4)28(35)26-27(22-9-8-10-25(38-5)30(22)39-6)34(31(37)29(26)36)21-14-11-19(18-33)12-15-21/h8-17,27,35H,7H2,1-6H3/b28-26-. The number of ether oxygens (including phenoxy) is 3. The third kappa shape index (κ3) is 4.98. The number of benzene rings is 3. The van der Waals surface area contributed by atoms with Crippen LogP contribution in [0.1, 0.15) is 56.0 Å². The van der Waals surface area contributed by atoms with E-state index in [0.717, 1.165) is 5.56 Å². The largest absolute Gasteiger partial charge is 0.507 e. The number of methoxy groups -OCH3 is 2. The van der Waals surface area contributed by atoms with Crippen molar-refractivity contribution < 1.29 is 28.9 Å². The van der Waals surface area contributed by atoms with E-state index in [0.29, 0.717) is 46.2 Å². The van der Waals surface area contributed by atoms with Crippen LogP contribution in [0.5, 0.6) is 17.2 Å². The van der Waals surface area contributed by atoms with Crippen molar-refractivity contribution >= 4 is 23.1 Å². The van der Waals surface area contributed by atoms with Gasteiger partial charge in [0.15, 0.2) is 11.5 Å². The number of nitriles is 1. The molecule has 4 rings (SSSR count). The number of Topliss-reactive ketones (excluding diaryl/α,β-unsaturated/α-hetero) is 1. The molecular formula is C32H32N2O6. The van der Waals surface area contributed by atoms with E-state index in [1.807, 2.05) is 27.7 Å². The maximum Gasteiger partial charge on any atom is 0.300 e. The minimum absolute atomic E-state index is 0.0927. The van der Waals surface area contributed by atoms with E-state index in [4.69, 9.17) is 14.2 Å². The lowest BCUT2D eigenvalue weighted by atomic mass is 9.84. The Morgan fingerprint density at radius 2 is 1.70 bits per heavy atom. The van der Waals surface area contributed by atoms with Crippen LogP contribution in [0.25, 0.3) is 5.76 Å². The Morgan fingerprint density at radius 1 is 1.00 bits per heavy atom. The van der Waals surface area contributed by atoms with Gasteiger partial charge < -0.3 is 19.3 Å². The van der Waals surface area contributed by atoms with Crippen molar-refractivity contribution in [3.8, 4) is 23.3 Å². The first-order valence-corrected chi connectivity index (χ1v) is 12.9. The van der Waals surface area contributed by atoms with Crippen molar-refractivity contribution in [2.24, 2.45) is 0 Å². The predicted octanol–water partition coefficient (Wildman–Crippen LogP) is 5.90. The summed E-state index contributed by atoms with van der Waals surface area (Å²) in [5.41, 5.74) is 2.04. The van der Waals surface area contributed by atoms with Crippen LogP contribution in [0, 0.1) is 11.3 Å². The van der Waals surface area contributed by atoms with Crippen molar-refractivity contribution in [3.63, 3.8) is 0 Å². The van der Waals surface area contributed by atoms with E-state index in [1.165, 1.54) is 19.1 Å². The SMILES string of the molecule is CCOc1ccc(/C(O)=C2/C(=O)C(=O)N(c3ccc(C#N)cc3)C2c2cccc(OC)c2OC)cc1C(C)(C)C. The summed E-state index contributed by atoms with van der Waals surface area (Å²) in [7, 11) is 2.96. The van der Waals surface area contributed by atoms with Gasteiger partial charge in [-0.05, 0) is 60.9 Å². The molecule has 0 saturated carbocycles. The number of para-hydroxylation sites is 1. The molecule has 206 valence electrons. The number of carbonyl (C=O) groups excluding carboxylic acids is 2. The first-order valence-electron chi connectivity index (χ1n) is 12.9. The first-order chi connectivity index (χ1) is 19.1. The average molecular weight is 541 g/mol. The molecule has 1 saturated heterocycles. The van der Waals surface area contributed by atoms with Gasteiger partial charge in [-0.1, -0.05) is 32.9 Å². The first kappa shape index (κ1) is 28.2. The van der Waals surface area contributed by atoms with Gasteiger partial charge in [-0.2, -0.15) is 5.26 Å². The molecule has 40 heavy (non-hydrogen) atoms. The second kappa shape index (κ2) is 11.1. The molecule has 3 aromatic rings. The lowest BCUT2D eigenvalue weighted by Gasteiger charge is -2.27. The summed E-state index contributed by atoms with van der Waals surface area (Å²) < 4.78 is 17.0. The van der Waals surface area contributed by atoms with Gasteiger partial charge in [0.25, 0.3) is 11.7 Å². The lowest BCUT2D eigenvalue weighted by Crippen LogP contribution is -2.29. The molecule has 0 bridgehead atoms. The molecule has 1 fully saturated rings. The van der Waals surface area contributed by atoms with Gasteiger partial charge in [0, 0.05) is 22.4 Å². The molecule has 3 aromatic carbocycles. The number of carbonyl (C=O) groups is 2. The van der Waals surface area contributed by atoms with Crippen molar-refractivity contribution in [1.82, 2.24) is 0 Å². The zero-order chi connectivity index (χ0) is 29.2. The van der Waals surface area contributed by atoms with Crippen LogP contribution in [-0.4, -0.2) is 37.6 Å². The summed E-state index contributed by atoms with van der Waals surface area (Å²) in [5, 5.41) is 21.0. The monoisotopic (exact) mass is 540 g/mol. The Kier molecular flexibility index (Phi) is 7.87. The molecule has 1 atom stereocenters. The number of rotatable bonds is 7. The van der Waals surface area contributed by atoms with E-state index in [-0.39, 0.29) is 16.7 Å². The summed E-state index contributed by atoms with van der Waals surface area (Å²) in [4.78, 5) is 28.6. The third-order valence-electron chi connectivity index (χ3n) is 6.81. The number of aliphatic hydroxyl groups excluding tert-OH is 1. The fourth-order valence-corrected chi connectivity index (χ4v) is 4.92. The fourth-order valence-electron chi connectivity index (χ4n) is 4.92. The molecule has 0 aromatic heterocycles. The Labute approximate surface area is 234 Å². The van der Waals surface area contributed by atoms with E-state index < -0.39 is 17.7 Å². The minimum atomic E-state index is -1.04. The molecule has 1 unspecified atom stereocenters. The van der Waals surface area contributed by atoms with Gasteiger partial charge in [0.05, 0.1) is 44.1 Å². The van der Waals surface area contributed by atoms with Gasteiger partial charge in [-0.3, -0.25) is 14.5 Å². The van der Waals surface area contributed by atoms with E-state index >= 15 is 0 Å². The molecule has 1 aliphatic rings. The molecule has 0 spiro atoms. The van der Waals surface area contributed by atoms with Crippen LogP contribution in [0.2, 0.25) is 0 Å². The fraction of sp³-hybridized carbons (Fsp3) is 0.281. The maximum absolute atomic E-state index is 13.7. The summed E-state index contributed by atoms with van der Waals surface area (Å²) in [6.45, 7) is 8.45. The van der Waals surface area contributed by atoms with Crippen molar-refractivity contribution in [2.45, 2.75) is 39.2 Å². The number of anilines is 1. The van der Waals surface area contributed by atoms with Gasteiger partial charge in [-0.25, -0.2) is 0 Å². The Balaban J connectivity index is 2.01. The third-order valence-corrected chi connectivity index (χ3v) is 6.81. The van der Waals surface area contributed by atoms with Gasteiger partial charge >= 0.3 is 0 Å². The highest BCUT2D eigenvalue weighted by atomic mass is 16.5. The second-order valence-electron chi connectivity index (χ2n) is 10.3. The predicted molar refractivity (Wildman–Crippen MR) is 152 cm³/mol. The molecule has 8 nitrogen and oxygen atoms in total. The summed E-state index contributed by atoms with van der Waals surface area (Å²) in [5.74, 6) is -0.579. The van der Waals surface area contributed by atoms with Gasteiger partial charge in [0.1, 0.15) is 11.5 Å². The zero-order valence-corrected chi connectivity index (χ0v) is 23.4. The zero-order valence-electron chi connectivity index (χ0n) is 23.4. The smallest absolute Gasteiger partial charge is 0.300 e. The number of amides is 1. The number of aliphatic hydroxyl groups is 1. The highest BCUT2D eigenvalue weighted by molar-refractivity contribution is 6.51. The maximum atomic E-state index is 13.7. The molecule has 8 heteroatoms. The number of hydrogen-bond donors (Lipinski definition) is 1. The Morgan fingerprint density at radius 3 is 2.27 bits per heavy atom. The van der Waals surface area contributed by atoms with E-state index in [9.17, 15) is 20.0 Å². The minimum Gasteiger partial charge on any atom is -0.507 e. The molecule has 1 N–H and O–H groups in total.